The summed E-state index contributed by atoms with van der Waals surface area (Å²) in [5, 5.41) is 3.98. The Hall–Kier alpha value is -1.86. The lowest BCUT2D eigenvalue weighted by Crippen LogP contribution is -2.40. The lowest BCUT2D eigenvalue weighted by atomic mass is 9.68. The van der Waals surface area contributed by atoms with Crippen LogP contribution in [0.15, 0.2) is 40.7 Å². The maximum absolute atomic E-state index is 13.3. The molecule has 0 radical (unpaired) electrons. The van der Waals surface area contributed by atoms with Gasteiger partial charge in [-0.25, -0.2) is 4.79 Å². The number of carbonyl (C=O) groups excluding carboxylic acids is 2. The molecule has 1 unspecified atom stereocenters. The second kappa shape index (κ2) is 9.74. The molecule has 0 fully saturated rings. The molecular formula is C23H28Cl2N2O4. The van der Waals surface area contributed by atoms with E-state index in [2.05, 4.69) is 5.32 Å². The zero-order valence-electron chi connectivity index (χ0n) is 18.0. The number of rotatable bonds is 7. The van der Waals surface area contributed by atoms with Crippen molar-refractivity contribution in [2.75, 3.05) is 26.4 Å². The average Bonchev–Trinajstić information content (AvgIpc) is 2.68. The maximum atomic E-state index is 13.3. The Balaban J connectivity index is 2.23. The largest absolute Gasteiger partial charge is 0.463 e. The van der Waals surface area contributed by atoms with E-state index in [9.17, 15) is 9.59 Å². The first-order valence-corrected chi connectivity index (χ1v) is 11.1. The number of halogens is 2. The van der Waals surface area contributed by atoms with E-state index in [4.69, 9.17) is 38.4 Å². The van der Waals surface area contributed by atoms with Gasteiger partial charge in [0.2, 0.25) is 0 Å². The van der Waals surface area contributed by atoms with Crippen molar-refractivity contribution in [3.8, 4) is 0 Å². The van der Waals surface area contributed by atoms with E-state index in [0.717, 1.165) is 5.70 Å². The third-order valence-electron chi connectivity index (χ3n) is 5.42. The molecule has 168 valence electrons. The van der Waals surface area contributed by atoms with Crippen molar-refractivity contribution < 1.29 is 19.1 Å². The molecule has 0 aromatic heterocycles. The molecule has 1 aromatic carbocycles. The number of carbonyl (C=O) groups is 2. The molecular weight excluding hydrogens is 439 g/mol. The lowest BCUT2D eigenvalue weighted by Gasteiger charge is -2.40. The first-order valence-electron chi connectivity index (χ1n) is 10.3. The van der Waals surface area contributed by atoms with Crippen molar-refractivity contribution in [2.45, 2.75) is 39.5 Å². The number of nitrogens with two attached hydrogens (primary N) is 1. The van der Waals surface area contributed by atoms with Crippen LogP contribution in [0.3, 0.4) is 0 Å². The first kappa shape index (κ1) is 23.8. The van der Waals surface area contributed by atoms with E-state index in [1.165, 1.54) is 0 Å². The molecule has 0 saturated carbocycles. The van der Waals surface area contributed by atoms with Gasteiger partial charge in [0, 0.05) is 30.2 Å². The van der Waals surface area contributed by atoms with Crippen molar-refractivity contribution in [3.63, 3.8) is 0 Å². The molecule has 0 amide bonds. The highest BCUT2D eigenvalue weighted by atomic mass is 35.5. The van der Waals surface area contributed by atoms with Gasteiger partial charge in [-0.2, -0.15) is 0 Å². The molecule has 6 nitrogen and oxygen atoms in total. The molecule has 3 rings (SSSR count). The highest BCUT2D eigenvalue weighted by Gasteiger charge is 2.44. The zero-order valence-corrected chi connectivity index (χ0v) is 19.5. The number of esters is 1. The lowest BCUT2D eigenvalue weighted by molar-refractivity contribution is -0.139. The summed E-state index contributed by atoms with van der Waals surface area (Å²) in [5.41, 5.74) is 8.13. The van der Waals surface area contributed by atoms with Gasteiger partial charge >= 0.3 is 5.97 Å². The number of ketones is 1. The summed E-state index contributed by atoms with van der Waals surface area (Å²) in [6.07, 6.45) is 1.02. The van der Waals surface area contributed by atoms with Crippen LogP contribution in [0.5, 0.6) is 0 Å². The fraction of sp³-hybridized carbons (Fsp3) is 0.478. The normalized spacial score (nSPS) is 20.5. The summed E-state index contributed by atoms with van der Waals surface area (Å²) in [5.74, 6) is -1.24. The molecule has 1 aromatic rings. The number of benzene rings is 1. The van der Waals surface area contributed by atoms with Crippen LogP contribution in [0.25, 0.3) is 0 Å². The van der Waals surface area contributed by atoms with Crippen LogP contribution in [0.2, 0.25) is 10.0 Å². The Morgan fingerprint density at radius 2 is 2.03 bits per heavy atom. The number of allylic oxidation sites excluding steroid dienone is 2. The Kier molecular flexibility index (Phi) is 7.47. The van der Waals surface area contributed by atoms with E-state index in [0.29, 0.717) is 58.4 Å². The highest BCUT2D eigenvalue weighted by Crippen LogP contribution is 2.48. The smallest absolute Gasteiger partial charge is 0.336 e. The Morgan fingerprint density at radius 3 is 2.71 bits per heavy atom. The average molecular weight is 467 g/mol. The van der Waals surface area contributed by atoms with Gasteiger partial charge in [-0.1, -0.05) is 49.2 Å². The number of Topliss-reactive ketones (excluding diaryl/α,β-unsaturated/α-hetero) is 1. The molecule has 1 aliphatic heterocycles. The van der Waals surface area contributed by atoms with Crippen molar-refractivity contribution in [1.82, 2.24) is 5.32 Å². The molecule has 0 spiro atoms. The summed E-state index contributed by atoms with van der Waals surface area (Å²) >= 11 is 12.9. The van der Waals surface area contributed by atoms with E-state index in [1.807, 2.05) is 13.8 Å². The summed E-state index contributed by atoms with van der Waals surface area (Å²) in [7, 11) is 0. The minimum atomic E-state index is -0.693. The zero-order chi connectivity index (χ0) is 22.8. The SMILES string of the molecule is CCOC(=O)C1=C(COCCN)NC2=C(C(=O)CC(C)(C)C2)C1c1cccc(Cl)c1Cl. The number of ether oxygens (including phenoxy) is 2. The summed E-state index contributed by atoms with van der Waals surface area (Å²) in [6, 6.07) is 5.23. The summed E-state index contributed by atoms with van der Waals surface area (Å²) in [6.45, 7) is 6.85. The molecule has 1 atom stereocenters. The van der Waals surface area contributed by atoms with Crippen molar-refractivity contribution >= 4 is 35.0 Å². The van der Waals surface area contributed by atoms with Crippen LogP contribution in [-0.2, 0) is 19.1 Å². The third kappa shape index (κ3) is 4.98. The van der Waals surface area contributed by atoms with Gasteiger partial charge in [0.15, 0.2) is 5.78 Å². The highest BCUT2D eigenvalue weighted by molar-refractivity contribution is 6.42. The molecule has 0 saturated heterocycles. The van der Waals surface area contributed by atoms with Gasteiger partial charge in [-0.3, -0.25) is 4.79 Å². The minimum absolute atomic E-state index is 0.0245. The van der Waals surface area contributed by atoms with Crippen LogP contribution < -0.4 is 11.1 Å². The van der Waals surface area contributed by atoms with Gasteiger partial charge in [0.05, 0.1) is 41.1 Å². The predicted octanol–water partition coefficient (Wildman–Crippen LogP) is 4.12. The summed E-state index contributed by atoms with van der Waals surface area (Å²) < 4.78 is 11.0. The van der Waals surface area contributed by atoms with Gasteiger partial charge < -0.3 is 20.5 Å². The van der Waals surface area contributed by atoms with Crippen LogP contribution in [0.1, 0.15) is 45.1 Å². The third-order valence-corrected chi connectivity index (χ3v) is 6.25. The Labute approximate surface area is 192 Å². The van der Waals surface area contributed by atoms with Gasteiger partial charge in [-0.15, -0.1) is 0 Å². The van der Waals surface area contributed by atoms with E-state index in [1.54, 1.807) is 25.1 Å². The molecule has 1 aliphatic carbocycles. The van der Waals surface area contributed by atoms with Crippen LogP contribution >= 0.6 is 23.2 Å². The molecule has 31 heavy (non-hydrogen) atoms. The first-order chi connectivity index (χ1) is 14.7. The fourth-order valence-corrected chi connectivity index (χ4v) is 4.64. The van der Waals surface area contributed by atoms with Gasteiger partial charge in [0.25, 0.3) is 0 Å². The van der Waals surface area contributed by atoms with Crippen molar-refractivity contribution in [1.29, 1.82) is 0 Å². The topological polar surface area (TPSA) is 90.7 Å². The van der Waals surface area contributed by atoms with Crippen LogP contribution in [-0.4, -0.2) is 38.1 Å². The van der Waals surface area contributed by atoms with Crippen molar-refractivity contribution in [3.05, 3.63) is 56.3 Å². The monoisotopic (exact) mass is 466 g/mol. The molecule has 0 bridgehead atoms. The standard InChI is InChI=1S/C23H28Cl2N2O4/c1-4-31-22(29)20-16(12-30-9-8-26)27-15-10-23(2,3)11-17(28)19(15)18(20)13-6-5-7-14(24)21(13)25/h5-7,18,27H,4,8-12,26H2,1-3H3. The van der Waals surface area contributed by atoms with E-state index in [-0.39, 0.29) is 24.4 Å². The molecule has 1 heterocycles. The Morgan fingerprint density at radius 1 is 1.29 bits per heavy atom. The van der Waals surface area contributed by atoms with Crippen LogP contribution in [0, 0.1) is 5.41 Å². The summed E-state index contributed by atoms with van der Waals surface area (Å²) in [4.78, 5) is 26.4. The number of nitrogens with one attached hydrogen (secondary N) is 1. The minimum Gasteiger partial charge on any atom is -0.463 e. The van der Waals surface area contributed by atoms with Gasteiger partial charge in [0.1, 0.15) is 0 Å². The van der Waals surface area contributed by atoms with E-state index >= 15 is 0 Å². The van der Waals surface area contributed by atoms with E-state index < -0.39 is 11.9 Å². The second-order valence-electron chi connectivity index (χ2n) is 8.49. The molecule has 3 N–H and O–H groups in total. The molecule has 8 heteroatoms. The fourth-order valence-electron chi connectivity index (χ4n) is 4.22. The number of hydrogen-bond donors (Lipinski definition) is 2. The van der Waals surface area contributed by atoms with Crippen LogP contribution in [0.4, 0.5) is 0 Å². The van der Waals surface area contributed by atoms with Gasteiger partial charge in [-0.05, 0) is 30.4 Å². The predicted molar refractivity (Wildman–Crippen MR) is 121 cm³/mol. The second-order valence-corrected chi connectivity index (χ2v) is 9.27. The number of dihydropyridines is 1. The quantitative estimate of drug-likeness (QED) is 0.463. The number of hydrogen-bond acceptors (Lipinski definition) is 6. The van der Waals surface area contributed by atoms with Crippen molar-refractivity contribution in [2.24, 2.45) is 11.1 Å². The molecule has 2 aliphatic rings. The Bertz CT molecular complexity index is 953. The maximum Gasteiger partial charge on any atom is 0.336 e.